The molecule has 0 atom stereocenters. The van der Waals surface area contributed by atoms with Gasteiger partial charge in [-0.25, -0.2) is 4.79 Å². The van der Waals surface area contributed by atoms with E-state index in [1.807, 2.05) is 30.3 Å². The van der Waals surface area contributed by atoms with E-state index in [1.54, 1.807) is 32.0 Å². The Labute approximate surface area is 140 Å². The molecular weight excluding hydrogens is 306 g/mol. The number of nitrogens with one attached hydrogen (secondary N) is 1. The maximum Gasteiger partial charge on any atom is 0.323 e. The molecule has 0 saturated carbocycles. The fraction of sp³-hybridized carbons (Fsp3) is 0.222. The van der Waals surface area contributed by atoms with Gasteiger partial charge in [0.05, 0.1) is 7.11 Å². The fourth-order valence-corrected chi connectivity index (χ4v) is 2.47. The van der Waals surface area contributed by atoms with Gasteiger partial charge in [-0.2, -0.15) is 0 Å². The van der Waals surface area contributed by atoms with E-state index < -0.39 is 0 Å². The Morgan fingerprint density at radius 1 is 1.21 bits per heavy atom. The van der Waals surface area contributed by atoms with Crippen molar-refractivity contribution < 1.29 is 14.1 Å². The smallest absolute Gasteiger partial charge is 0.323 e. The van der Waals surface area contributed by atoms with Gasteiger partial charge in [-0.3, -0.25) is 5.32 Å². The number of aryl methyl sites for hydroxylation is 1. The molecule has 24 heavy (non-hydrogen) atoms. The molecule has 124 valence electrons. The van der Waals surface area contributed by atoms with Gasteiger partial charge < -0.3 is 14.2 Å². The van der Waals surface area contributed by atoms with Crippen LogP contribution in [0.5, 0.6) is 5.75 Å². The number of urea groups is 1. The van der Waals surface area contributed by atoms with Crippen LogP contribution in [0.2, 0.25) is 0 Å². The van der Waals surface area contributed by atoms with Crippen LogP contribution in [0.25, 0.3) is 10.8 Å². The highest BCUT2D eigenvalue weighted by Crippen LogP contribution is 2.22. The lowest BCUT2D eigenvalue weighted by molar-refractivity contribution is 0.220. The molecule has 3 aromatic rings. The molecule has 0 unspecified atom stereocenters. The summed E-state index contributed by atoms with van der Waals surface area (Å²) in [5, 5.41) is 8.66. The molecule has 0 aliphatic carbocycles. The van der Waals surface area contributed by atoms with Crippen LogP contribution in [0.4, 0.5) is 10.6 Å². The lowest BCUT2D eigenvalue weighted by Crippen LogP contribution is -2.30. The molecule has 1 N–H and O–H groups in total. The van der Waals surface area contributed by atoms with E-state index in [2.05, 4.69) is 16.5 Å². The second-order valence-electron chi connectivity index (χ2n) is 5.66. The number of hydrogen-bond acceptors (Lipinski definition) is 4. The Balaban J connectivity index is 1.70. The van der Waals surface area contributed by atoms with Crippen LogP contribution in [0.15, 0.2) is 47.0 Å². The van der Waals surface area contributed by atoms with E-state index in [0.717, 1.165) is 22.1 Å². The molecule has 0 bridgehead atoms. The van der Waals surface area contributed by atoms with Crippen LogP contribution in [-0.2, 0) is 6.54 Å². The second kappa shape index (κ2) is 6.62. The summed E-state index contributed by atoms with van der Waals surface area (Å²) in [6.07, 6.45) is 0. The van der Waals surface area contributed by atoms with E-state index in [1.165, 1.54) is 0 Å². The Morgan fingerprint density at radius 3 is 2.67 bits per heavy atom. The first-order valence-electron chi connectivity index (χ1n) is 7.57. The van der Waals surface area contributed by atoms with Gasteiger partial charge in [-0.05, 0) is 41.5 Å². The van der Waals surface area contributed by atoms with E-state index in [0.29, 0.717) is 18.1 Å². The number of benzene rings is 2. The molecule has 2 amide bonds. The summed E-state index contributed by atoms with van der Waals surface area (Å²) in [5.41, 5.74) is 1.04. The van der Waals surface area contributed by atoms with Gasteiger partial charge in [0.25, 0.3) is 0 Å². The first-order chi connectivity index (χ1) is 11.5. The topological polar surface area (TPSA) is 67.6 Å². The molecule has 6 nitrogen and oxygen atoms in total. The fourth-order valence-electron chi connectivity index (χ4n) is 2.47. The van der Waals surface area contributed by atoms with Crippen LogP contribution in [0.1, 0.15) is 11.3 Å². The molecular formula is C18H19N3O3. The zero-order chi connectivity index (χ0) is 17.1. The quantitative estimate of drug-likeness (QED) is 0.792. The highest BCUT2D eigenvalue weighted by molar-refractivity contribution is 5.88. The van der Waals surface area contributed by atoms with Crippen LogP contribution < -0.4 is 10.1 Å². The average molecular weight is 325 g/mol. The minimum absolute atomic E-state index is 0.238. The summed E-state index contributed by atoms with van der Waals surface area (Å²) in [4.78, 5) is 13.8. The van der Waals surface area contributed by atoms with Gasteiger partial charge in [-0.15, -0.1) is 0 Å². The van der Waals surface area contributed by atoms with Crippen molar-refractivity contribution in [2.45, 2.75) is 13.5 Å². The number of nitrogens with zero attached hydrogens (tertiary/aromatic N) is 2. The van der Waals surface area contributed by atoms with Gasteiger partial charge in [0.1, 0.15) is 11.5 Å². The van der Waals surface area contributed by atoms with Crippen molar-refractivity contribution in [1.29, 1.82) is 0 Å². The van der Waals surface area contributed by atoms with Gasteiger partial charge >= 0.3 is 6.03 Å². The Kier molecular flexibility index (Phi) is 4.37. The highest BCUT2D eigenvalue weighted by atomic mass is 16.5. The maximum atomic E-state index is 12.2. The van der Waals surface area contributed by atoms with Gasteiger partial charge in [0, 0.05) is 19.7 Å². The Bertz CT molecular complexity index is 873. The number of aromatic nitrogens is 1. The SMILES string of the molecule is COc1ccc2cc(CN(C)C(=O)Nc3cc(C)on3)ccc2c1. The Morgan fingerprint density at radius 2 is 1.96 bits per heavy atom. The molecule has 1 aromatic heterocycles. The zero-order valence-electron chi connectivity index (χ0n) is 13.9. The zero-order valence-corrected chi connectivity index (χ0v) is 13.9. The first-order valence-corrected chi connectivity index (χ1v) is 7.57. The monoisotopic (exact) mass is 325 g/mol. The predicted octanol–water partition coefficient (Wildman–Crippen LogP) is 3.81. The third-order valence-electron chi connectivity index (χ3n) is 3.74. The van der Waals surface area contributed by atoms with Crippen molar-refractivity contribution in [3.63, 3.8) is 0 Å². The third kappa shape index (κ3) is 3.48. The lowest BCUT2D eigenvalue weighted by atomic mass is 10.1. The molecule has 0 saturated heterocycles. The third-order valence-corrected chi connectivity index (χ3v) is 3.74. The predicted molar refractivity (Wildman–Crippen MR) is 92.2 cm³/mol. The molecule has 0 aliphatic heterocycles. The molecule has 6 heteroatoms. The normalized spacial score (nSPS) is 10.6. The second-order valence-corrected chi connectivity index (χ2v) is 5.66. The van der Waals surface area contributed by atoms with Crippen LogP contribution >= 0.6 is 0 Å². The van der Waals surface area contributed by atoms with Crippen molar-refractivity contribution in [2.24, 2.45) is 0 Å². The van der Waals surface area contributed by atoms with E-state index in [-0.39, 0.29) is 6.03 Å². The van der Waals surface area contributed by atoms with Crippen molar-refractivity contribution in [3.05, 3.63) is 53.8 Å². The number of anilines is 1. The van der Waals surface area contributed by atoms with Gasteiger partial charge in [-0.1, -0.05) is 23.4 Å². The standard InChI is InChI=1S/C18H19N3O3/c1-12-8-17(20-24-12)19-18(22)21(2)11-13-4-5-15-10-16(23-3)7-6-14(15)9-13/h4-10H,11H2,1-3H3,(H,19,20,22). The highest BCUT2D eigenvalue weighted by Gasteiger charge is 2.12. The van der Waals surface area contributed by atoms with Crippen LogP contribution in [0.3, 0.4) is 0 Å². The van der Waals surface area contributed by atoms with E-state index in [4.69, 9.17) is 9.26 Å². The number of ether oxygens (including phenoxy) is 1. The number of amides is 2. The number of hydrogen-bond donors (Lipinski definition) is 1. The molecule has 0 radical (unpaired) electrons. The van der Waals surface area contributed by atoms with Crippen molar-refractivity contribution >= 4 is 22.6 Å². The number of methoxy groups -OCH3 is 1. The molecule has 0 fully saturated rings. The lowest BCUT2D eigenvalue weighted by Gasteiger charge is -2.17. The summed E-state index contributed by atoms with van der Waals surface area (Å²) >= 11 is 0. The van der Waals surface area contributed by atoms with Crippen LogP contribution in [-0.4, -0.2) is 30.2 Å². The van der Waals surface area contributed by atoms with Crippen molar-refractivity contribution in [2.75, 3.05) is 19.5 Å². The number of carbonyl (C=O) groups excluding carboxylic acids is 1. The maximum absolute atomic E-state index is 12.2. The molecule has 0 aliphatic rings. The number of rotatable bonds is 4. The molecule has 1 heterocycles. The summed E-state index contributed by atoms with van der Waals surface area (Å²) in [6, 6.07) is 13.5. The molecule has 3 rings (SSSR count). The minimum atomic E-state index is -0.238. The van der Waals surface area contributed by atoms with Gasteiger partial charge in [0.15, 0.2) is 5.82 Å². The van der Waals surface area contributed by atoms with Crippen LogP contribution in [0, 0.1) is 6.92 Å². The van der Waals surface area contributed by atoms with Crippen molar-refractivity contribution in [3.8, 4) is 5.75 Å². The van der Waals surface area contributed by atoms with E-state index >= 15 is 0 Å². The summed E-state index contributed by atoms with van der Waals surface area (Å²) in [7, 11) is 3.39. The Hall–Kier alpha value is -3.02. The molecule has 0 spiro atoms. The summed E-state index contributed by atoms with van der Waals surface area (Å²) in [5.74, 6) is 1.89. The largest absolute Gasteiger partial charge is 0.497 e. The summed E-state index contributed by atoms with van der Waals surface area (Å²) in [6.45, 7) is 2.26. The minimum Gasteiger partial charge on any atom is -0.497 e. The number of fused-ring (bicyclic) bond motifs is 1. The molecule has 2 aromatic carbocycles. The first kappa shape index (κ1) is 15.9. The van der Waals surface area contributed by atoms with Gasteiger partial charge in [0.2, 0.25) is 0 Å². The average Bonchev–Trinajstić information content (AvgIpc) is 2.99. The van der Waals surface area contributed by atoms with E-state index in [9.17, 15) is 4.79 Å². The van der Waals surface area contributed by atoms with Crippen molar-refractivity contribution in [1.82, 2.24) is 10.1 Å². The summed E-state index contributed by atoms with van der Waals surface area (Å²) < 4.78 is 10.2. The number of carbonyl (C=O) groups is 1.